The lowest BCUT2D eigenvalue weighted by molar-refractivity contribution is 0.290. The van der Waals surface area contributed by atoms with Gasteiger partial charge in [0, 0.05) is 43.5 Å². The van der Waals surface area contributed by atoms with Crippen LogP contribution in [0.3, 0.4) is 0 Å². The van der Waals surface area contributed by atoms with E-state index in [1.54, 1.807) is 6.07 Å². The molecule has 0 amide bonds. The van der Waals surface area contributed by atoms with Crippen LogP contribution in [0.25, 0.3) is 11.4 Å². The van der Waals surface area contributed by atoms with Gasteiger partial charge in [-0.05, 0) is 19.4 Å². The fraction of sp³-hybridized carbons (Fsp3) is 0.438. The molecule has 1 saturated heterocycles. The fourth-order valence-electron chi connectivity index (χ4n) is 2.86. The third-order valence-corrected chi connectivity index (χ3v) is 4.66. The number of hydrogen-bond donors (Lipinski definition) is 1. The number of alkyl halides is 1. The molecule has 1 fully saturated rings. The molecule has 3 rings (SSSR count). The van der Waals surface area contributed by atoms with Gasteiger partial charge in [-0.15, -0.1) is 0 Å². The first kappa shape index (κ1) is 18.2. The lowest BCUT2D eigenvalue weighted by Gasteiger charge is -2.35. The van der Waals surface area contributed by atoms with Gasteiger partial charge in [0.1, 0.15) is 5.02 Å². The molecule has 2 aromatic rings. The van der Waals surface area contributed by atoms with E-state index in [1.807, 2.05) is 4.90 Å². The molecule has 25 heavy (non-hydrogen) atoms. The summed E-state index contributed by atoms with van der Waals surface area (Å²) in [6, 6.07) is 2.81. The summed E-state index contributed by atoms with van der Waals surface area (Å²) >= 11 is 12.4. The predicted octanol–water partition coefficient (Wildman–Crippen LogP) is 3.51. The first-order valence-corrected chi connectivity index (χ1v) is 8.67. The Labute approximate surface area is 154 Å². The first-order valence-electron chi connectivity index (χ1n) is 7.91. The highest BCUT2D eigenvalue weighted by molar-refractivity contribution is 6.42. The van der Waals surface area contributed by atoms with E-state index in [-0.39, 0.29) is 22.0 Å². The fourth-order valence-corrected chi connectivity index (χ4v) is 3.23. The summed E-state index contributed by atoms with van der Waals surface area (Å²) in [5.41, 5.74) is 0.455. The number of anilines is 1. The second-order valence-electron chi connectivity index (χ2n) is 5.96. The van der Waals surface area contributed by atoms with Crippen molar-refractivity contribution in [3.8, 4) is 11.4 Å². The minimum absolute atomic E-state index is 0.0135. The molecular weight excluding hydrogens is 371 g/mol. The lowest BCUT2D eigenvalue weighted by atomic mass is 10.1. The third-order valence-electron chi connectivity index (χ3n) is 3.94. The molecular formula is C16H17Cl2F2N5. The Morgan fingerprint density at radius 1 is 1.40 bits per heavy atom. The van der Waals surface area contributed by atoms with Gasteiger partial charge in [-0.2, -0.15) is 4.39 Å². The Hall–Kier alpha value is -1.57. The number of nitrogens with one attached hydrogen (secondary N) is 1. The van der Waals surface area contributed by atoms with Gasteiger partial charge in [0.05, 0.1) is 6.17 Å². The van der Waals surface area contributed by atoms with Gasteiger partial charge in [0.15, 0.2) is 16.8 Å². The first-order chi connectivity index (χ1) is 11.9. The topological polar surface area (TPSA) is 53.9 Å². The van der Waals surface area contributed by atoms with Crippen LogP contribution in [0.1, 0.15) is 13.3 Å². The molecule has 0 aromatic carbocycles. The zero-order valence-electron chi connectivity index (χ0n) is 13.5. The summed E-state index contributed by atoms with van der Waals surface area (Å²) in [7, 11) is 0. The van der Waals surface area contributed by atoms with Gasteiger partial charge >= 0.3 is 0 Å². The minimum atomic E-state index is -0.905. The minimum Gasteiger partial charge on any atom is -0.352 e. The van der Waals surface area contributed by atoms with E-state index in [1.165, 1.54) is 19.2 Å². The van der Waals surface area contributed by atoms with Crippen LogP contribution < -0.4 is 10.2 Å². The molecule has 2 atom stereocenters. The van der Waals surface area contributed by atoms with Crippen molar-refractivity contribution in [3.05, 3.63) is 34.5 Å². The van der Waals surface area contributed by atoms with Crippen LogP contribution >= 0.6 is 23.2 Å². The highest BCUT2D eigenvalue weighted by Crippen LogP contribution is 2.33. The van der Waals surface area contributed by atoms with E-state index < -0.39 is 12.1 Å². The number of halogens is 4. The molecule has 5 nitrogen and oxygen atoms in total. The molecule has 2 unspecified atom stereocenters. The highest BCUT2D eigenvalue weighted by Gasteiger charge is 2.25. The molecule has 2 aromatic heterocycles. The third kappa shape index (κ3) is 4.34. The van der Waals surface area contributed by atoms with Crippen molar-refractivity contribution in [2.24, 2.45) is 0 Å². The Morgan fingerprint density at radius 3 is 2.92 bits per heavy atom. The molecule has 3 heterocycles. The van der Waals surface area contributed by atoms with Crippen LogP contribution in [-0.2, 0) is 0 Å². The molecule has 0 aliphatic carbocycles. The largest absolute Gasteiger partial charge is 0.352 e. The van der Waals surface area contributed by atoms with Crippen molar-refractivity contribution < 1.29 is 8.78 Å². The summed E-state index contributed by atoms with van der Waals surface area (Å²) in [6.07, 6.45) is 0.826. The van der Waals surface area contributed by atoms with Crippen molar-refractivity contribution >= 4 is 29.0 Å². The summed E-state index contributed by atoms with van der Waals surface area (Å²) in [5.74, 6) is 0.0967. The SMILES string of the molecule is CC(F)CC1CN(c2nc(-c3ccnc(F)c3)nc(Cl)c2Cl)CCN1. The van der Waals surface area contributed by atoms with E-state index in [9.17, 15) is 8.78 Å². The zero-order chi connectivity index (χ0) is 18.0. The molecule has 1 aliphatic rings. The van der Waals surface area contributed by atoms with Crippen molar-refractivity contribution in [3.63, 3.8) is 0 Å². The Morgan fingerprint density at radius 2 is 2.20 bits per heavy atom. The van der Waals surface area contributed by atoms with Crippen LogP contribution in [-0.4, -0.2) is 46.8 Å². The molecule has 0 bridgehead atoms. The molecule has 1 aliphatic heterocycles. The van der Waals surface area contributed by atoms with E-state index in [2.05, 4.69) is 20.3 Å². The molecule has 0 spiro atoms. The van der Waals surface area contributed by atoms with E-state index in [0.29, 0.717) is 37.4 Å². The summed E-state index contributed by atoms with van der Waals surface area (Å²) in [5, 5.41) is 3.60. The maximum Gasteiger partial charge on any atom is 0.213 e. The van der Waals surface area contributed by atoms with Gasteiger partial charge in [-0.3, -0.25) is 0 Å². The number of pyridine rings is 1. The number of piperazine rings is 1. The number of hydrogen-bond acceptors (Lipinski definition) is 5. The number of nitrogens with zero attached hydrogens (tertiary/aromatic N) is 4. The summed E-state index contributed by atoms with van der Waals surface area (Å²) < 4.78 is 26.7. The molecule has 9 heteroatoms. The average Bonchev–Trinajstić information content (AvgIpc) is 2.57. The Bertz CT molecular complexity index is 759. The molecule has 1 N–H and O–H groups in total. The number of aromatic nitrogens is 3. The highest BCUT2D eigenvalue weighted by atomic mass is 35.5. The van der Waals surface area contributed by atoms with E-state index >= 15 is 0 Å². The lowest BCUT2D eigenvalue weighted by Crippen LogP contribution is -2.51. The molecule has 0 saturated carbocycles. The van der Waals surface area contributed by atoms with Crippen LogP contribution in [0, 0.1) is 5.95 Å². The van der Waals surface area contributed by atoms with Crippen molar-refractivity contribution in [2.75, 3.05) is 24.5 Å². The van der Waals surface area contributed by atoms with Crippen molar-refractivity contribution in [1.29, 1.82) is 0 Å². The molecule has 0 radical (unpaired) electrons. The second kappa shape index (κ2) is 7.76. The predicted molar refractivity (Wildman–Crippen MR) is 94.4 cm³/mol. The van der Waals surface area contributed by atoms with Gasteiger partial charge in [0.2, 0.25) is 5.95 Å². The maximum absolute atomic E-state index is 13.4. The summed E-state index contributed by atoms with van der Waals surface area (Å²) in [4.78, 5) is 14.1. The van der Waals surface area contributed by atoms with Crippen LogP contribution in [0.2, 0.25) is 10.2 Å². The zero-order valence-corrected chi connectivity index (χ0v) is 15.0. The van der Waals surface area contributed by atoms with Crippen LogP contribution in [0.4, 0.5) is 14.6 Å². The normalized spacial score (nSPS) is 19.1. The van der Waals surface area contributed by atoms with Crippen molar-refractivity contribution in [1.82, 2.24) is 20.3 Å². The monoisotopic (exact) mass is 387 g/mol. The van der Waals surface area contributed by atoms with Gasteiger partial charge in [0.25, 0.3) is 0 Å². The smallest absolute Gasteiger partial charge is 0.213 e. The van der Waals surface area contributed by atoms with E-state index in [0.717, 1.165) is 0 Å². The van der Waals surface area contributed by atoms with Gasteiger partial charge < -0.3 is 10.2 Å². The van der Waals surface area contributed by atoms with Gasteiger partial charge in [-0.1, -0.05) is 23.2 Å². The molecule has 134 valence electrons. The van der Waals surface area contributed by atoms with Gasteiger partial charge in [-0.25, -0.2) is 19.3 Å². The summed E-state index contributed by atoms with van der Waals surface area (Å²) in [6.45, 7) is 3.40. The Kier molecular flexibility index (Phi) is 5.66. The van der Waals surface area contributed by atoms with Crippen LogP contribution in [0.5, 0.6) is 0 Å². The van der Waals surface area contributed by atoms with Crippen LogP contribution in [0.15, 0.2) is 18.3 Å². The standard InChI is InChI=1S/C16H17Cl2F2N5/c1-9(19)6-11-8-25(5-4-21-11)16-13(17)14(18)23-15(24-16)10-2-3-22-12(20)7-10/h2-3,7,9,11,21H,4-6,8H2,1H3. The van der Waals surface area contributed by atoms with E-state index in [4.69, 9.17) is 23.2 Å². The average molecular weight is 388 g/mol. The second-order valence-corrected chi connectivity index (χ2v) is 6.69. The Balaban J connectivity index is 1.93. The van der Waals surface area contributed by atoms with Crippen molar-refractivity contribution in [2.45, 2.75) is 25.6 Å². The number of rotatable bonds is 4. The quantitative estimate of drug-likeness (QED) is 0.642. The maximum atomic E-state index is 13.4.